The van der Waals surface area contributed by atoms with Gasteiger partial charge in [-0.05, 0) is 58.0 Å². The third-order valence-electron chi connectivity index (χ3n) is 4.88. The minimum atomic E-state index is -0.469. The van der Waals surface area contributed by atoms with E-state index in [1.165, 1.54) is 32.4 Å². The van der Waals surface area contributed by atoms with Gasteiger partial charge in [-0.1, -0.05) is 6.92 Å². The standard InChI is InChI=1S/C14H27N3O/c1-11-5-4-8-17(10-11)12-6-3-7-14(9-12,16-2)13(15)18/h11-12,16H,3-10H2,1-2H3,(H2,15,18). The van der Waals surface area contributed by atoms with Crippen LogP contribution < -0.4 is 11.1 Å². The Bertz CT molecular complexity index is 307. The van der Waals surface area contributed by atoms with Gasteiger partial charge in [0.1, 0.15) is 0 Å². The summed E-state index contributed by atoms with van der Waals surface area (Å²) in [7, 11) is 1.87. The number of nitrogens with zero attached hydrogens (tertiary/aromatic N) is 1. The lowest BCUT2D eigenvalue weighted by molar-refractivity contribution is -0.126. The Labute approximate surface area is 110 Å². The van der Waals surface area contributed by atoms with Crippen LogP contribution in [0.4, 0.5) is 0 Å². The molecule has 0 aromatic carbocycles. The van der Waals surface area contributed by atoms with E-state index in [1.807, 2.05) is 7.05 Å². The highest BCUT2D eigenvalue weighted by atomic mass is 16.1. The summed E-state index contributed by atoms with van der Waals surface area (Å²) < 4.78 is 0. The molecule has 4 heteroatoms. The fraction of sp³-hybridized carbons (Fsp3) is 0.929. The maximum absolute atomic E-state index is 11.7. The van der Waals surface area contributed by atoms with Crippen molar-refractivity contribution in [3.63, 3.8) is 0 Å². The van der Waals surface area contributed by atoms with Crippen molar-refractivity contribution in [2.24, 2.45) is 11.7 Å². The van der Waals surface area contributed by atoms with Crippen LogP contribution >= 0.6 is 0 Å². The number of hydrogen-bond acceptors (Lipinski definition) is 3. The molecule has 2 rings (SSSR count). The number of nitrogens with two attached hydrogens (primary N) is 1. The molecule has 0 aromatic rings. The van der Waals surface area contributed by atoms with E-state index in [2.05, 4.69) is 17.1 Å². The van der Waals surface area contributed by atoms with Crippen LogP contribution in [-0.4, -0.2) is 42.5 Å². The first kappa shape index (κ1) is 13.8. The molecule has 3 unspecified atom stereocenters. The number of rotatable bonds is 3. The Kier molecular flexibility index (Phi) is 4.28. The van der Waals surface area contributed by atoms with Crippen LogP contribution in [0.1, 0.15) is 45.4 Å². The Morgan fingerprint density at radius 1 is 1.39 bits per heavy atom. The number of carbonyl (C=O) groups is 1. The van der Waals surface area contributed by atoms with Gasteiger partial charge < -0.3 is 16.0 Å². The summed E-state index contributed by atoms with van der Waals surface area (Å²) >= 11 is 0. The number of likely N-dealkylation sites (N-methyl/N-ethyl adjacent to an activating group) is 1. The Morgan fingerprint density at radius 3 is 2.78 bits per heavy atom. The predicted octanol–water partition coefficient (Wildman–Crippen LogP) is 1.10. The highest BCUT2D eigenvalue weighted by Crippen LogP contribution is 2.33. The summed E-state index contributed by atoms with van der Waals surface area (Å²) in [4.78, 5) is 14.3. The Morgan fingerprint density at radius 2 is 2.17 bits per heavy atom. The highest BCUT2D eigenvalue weighted by molar-refractivity contribution is 5.84. The molecule has 1 heterocycles. The summed E-state index contributed by atoms with van der Waals surface area (Å²) in [6.07, 6.45) is 6.71. The second kappa shape index (κ2) is 5.57. The molecular weight excluding hydrogens is 226 g/mol. The second-order valence-electron chi connectivity index (χ2n) is 6.19. The minimum absolute atomic E-state index is 0.181. The van der Waals surface area contributed by atoms with Gasteiger partial charge in [0.15, 0.2) is 0 Å². The zero-order valence-corrected chi connectivity index (χ0v) is 11.7. The third kappa shape index (κ3) is 2.69. The molecule has 1 aliphatic carbocycles. The van der Waals surface area contributed by atoms with Gasteiger partial charge in [-0.2, -0.15) is 0 Å². The number of likely N-dealkylation sites (tertiary alicyclic amines) is 1. The number of piperidine rings is 1. The number of primary amides is 1. The van der Waals surface area contributed by atoms with E-state index in [1.54, 1.807) is 0 Å². The van der Waals surface area contributed by atoms with Crippen molar-refractivity contribution in [2.45, 2.75) is 57.0 Å². The summed E-state index contributed by atoms with van der Waals surface area (Å²) in [5.74, 6) is 0.609. The lowest BCUT2D eigenvalue weighted by atomic mass is 9.77. The fourth-order valence-electron chi connectivity index (χ4n) is 3.69. The van der Waals surface area contributed by atoms with Crippen LogP contribution in [0.3, 0.4) is 0 Å². The van der Waals surface area contributed by atoms with Crippen molar-refractivity contribution in [3.05, 3.63) is 0 Å². The minimum Gasteiger partial charge on any atom is -0.368 e. The molecule has 1 saturated heterocycles. The molecule has 3 N–H and O–H groups in total. The summed E-state index contributed by atoms with van der Waals surface area (Å²) in [6, 6.07) is 0.529. The van der Waals surface area contributed by atoms with Gasteiger partial charge in [0, 0.05) is 12.6 Å². The van der Waals surface area contributed by atoms with Gasteiger partial charge in [0.05, 0.1) is 5.54 Å². The molecule has 3 atom stereocenters. The van der Waals surface area contributed by atoms with E-state index in [-0.39, 0.29) is 5.91 Å². The molecular formula is C14H27N3O. The van der Waals surface area contributed by atoms with Gasteiger partial charge in [-0.3, -0.25) is 4.79 Å². The van der Waals surface area contributed by atoms with E-state index in [0.29, 0.717) is 6.04 Å². The third-order valence-corrected chi connectivity index (χ3v) is 4.88. The van der Waals surface area contributed by atoms with E-state index < -0.39 is 5.54 Å². The molecule has 2 aliphatic rings. The number of amides is 1. The molecule has 0 bridgehead atoms. The fourth-order valence-corrected chi connectivity index (χ4v) is 3.69. The van der Waals surface area contributed by atoms with Crippen LogP contribution in [0.5, 0.6) is 0 Å². The van der Waals surface area contributed by atoms with Gasteiger partial charge in [0.25, 0.3) is 0 Å². The van der Waals surface area contributed by atoms with E-state index in [9.17, 15) is 4.79 Å². The molecule has 2 fully saturated rings. The average Bonchev–Trinajstić information content (AvgIpc) is 2.38. The van der Waals surface area contributed by atoms with Gasteiger partial charge in [-0.25, -0.2) is 0 Å². The van der Waals surface area contributed by atoms with Gasteiger partial charge >= 0.3 is 0 Å². The lowest BCUT2D eigenvalue weighted by Gasteiger charge is -2.45. The first-order chi connectivity index (χ1) is 8.57. The molecule has 0 radical (unpaired) electrons. The zero-order chi connectivity index (χ0) is 13.2. The van der Waals surface area contributed by atoms with Crippen molar-refractivity contribution in [1.82, 2.24) is 10.2 Å². The molecule has 0 aromatic heterocycles. The summed E-state index contributed by atoms with van der Waals surface area (Å²) in [5, 5.41) is 3.20. The topological polar surface area (TPSA) is 58.4 Å². The first-order valence-corrected chi connectivity index (χ1v) is 7.30. The van der Waals surface area contributed by atoms with Crippen molar-refractivity contribution >= 4 is 5.91 Å². The number of carbonyl (C=O) groups excluding carboxylic acids is 1. The van der Waals surface area contributed by atoms with Gasteiger partial charge in [0.2, 0.25) is 5.91 Å². The maximum Gasteiger partial charge on any atom is 0.237 e. The second-order valence-corrected chi connectivity index (χ2v) is 6.19. The quantitative estimate of drug-likeness (QED) is 0.792. The normalized spacial score (nSPS) is 38.6. The molecule has 0 spiro atoms. The van der Waals surface area contributed by atoms with Crippen LogP contribution in [0.15, 0.2) is 0 Å². The Hall–Kier alpha value is -0.610. The van der Waals surface area contributed by atoms with Crippen LogP contribution in [-0.2, 0) is 4.79 Å². The highest BCUT2D eigenvalue weighted by Gasteiger charge is 2.42. The molecule has 1 aliphatic heterocycles. The molecule has 4 nitrogen and oxygen atoms in total. The monoisotopic (exact) mass is 253 g/mol. The van der Waals surface area contributed by atoms with E-state index in [0.717, 1.165) is 25.2 Å². The Balaban J connectivity index is 2.03. The maximum atomic E-state index is 11.7. The smallest absolute Gasteiger partial charge is 0.237 e. The first-order valence-electron chi connectivity index (χ1n) is 7.30. The van der Waals surface area contributed by atoms with Crippen molar-refractivity contribution < 1.29 is 4.79 Å². The van der Waals surface area contributed by atoms with Gasteiger partial charge in [-0.15, -0.1) is 0 Å². The van der Waals surface area contributed by atoms with Crippen molar-refractivity contribution in [3.8, 4) is 0 Å². The zero-order valence-electron chi connectivity index (χ0n) is 11.7. The summed E-state index contributed by atoms with van der Waals surface area (Å²) in [5.41, 5.74) is 5.14. The van der Waals surface area contributed by atoms with Crippen molar-refractivity contribution in [1.29, 1.82) is 0 Å². The van der Waals surface area contributed by atoms with Crippen molar-refractivity contribution in [2.75, 3.05) is 20.1 Å². The SMILES string of the molecule is CNC1(C(N)=O)CCCC(N2CCCC(C)C2)C1. The molecule has 18 heavy (non-hydrogen) atoms. The summed E-state index contributed by atoms with van der Waals surface area (Å²) in [6.45, 7) is 4.70. The van der Waals surface area contributed by atoms with Crippen LogP contribution in [0.25, 0.3) is 0 Å². The van der Waals surface area contributed by atoms with E-state index in [4.69, 9.17) is 5.73 Å². The molecule has 104 valence electrons. The van der Waals surface area contributed by atoms with Crippen LogP contribution in [0.2, 0.25) is 0 Å². The molecule has 1 saturated carbocycles. The van der Waals surface area contributed by atoms with Crippen LogP contribution in [0, 0.1) is 5.92 Å². The predicted molar refractivity (Wildman–Crippen MR) is 73.2 cm³/mol. The number of hydrogen-bond donors (Lipinski definition) is 2. The average molecular weight is 253 g/mol. The van der Waals surface area contributed by atoms with E-state index >= 15 is 0 Å². The number of nitrogens with one attached hydrogen (secondary N) is 1. The lowest BCUT2D eigenvalue weighted by Crippen LogP contribution is -2.60. The molecule has 1 amide bonds. The largest absolute Gasteiger partial charge is 0.368 e.